The Morgan fingerprint density at radius 1 is 1.33 bits per heavy atom. The molecule has 3 nitrogen and oxygen atoms in total. The SMILES string of the molecule is CNCCCC(=O)N(CC1CC1)C1CC1. The van der Waals surface area contributed by atoms with Crippen molar-refractivity contribution in [3.63, 3.8) is 0 Å². The molecule has 2 aliphatic rings. The first kappa shape index (κ1) is 10.9. The second-order valence-corrected chi connectivity index (χ2v) is 4.93. The number of amides is 1. The molecule has 15 heavy (non-hydrogen) atoms. The van der Waals surface area contributed by atoms with E-state index in [4.69, 9.17) is 0 Å². The normalized spacial score (nSPS) is 20.3. The molecule has 0 aliphatic heterocycles. The zero-order valence-corrected chi connectivity index (χ0v) is 9.67. The van der Waals surface area contributed by atoms with Crippen molar-refractivity contribution >= 4 is 5.91 Å². The Bertz CT molecular complexity index is 222. The molecule has 0 unspecified atom stereocenters. The molecule has 0 aromatic carbocycles. The van der Waals surface area contributed by atoms with E-state index in [1.807, 2.05) is 7.05 Å². The van der Waals surface area contributed by atoms with Crippen molar-refractivity contribution in [3.8, 4) is 0 Å². The van der Waals surface area contributed by atoms with Crippen LogP contribution in [0.3, 0.4) is 0 Å². The summed E-state index contributed by atoms with van der Waals surface area (Å²) < 4.78 is 0. The van der Waals surface area contributed by atoms with E-state index in [0.29, 0.717) is 11.9 Å². The number of carbonyl (C=O) groups excluding carboxylic acids is 1. The van der Waals surface area contributed by atoms with Gasteiger partial charge < -0.3 is 10.2 Å². The van der Waals surface area contributed by atoms with Gasteiger partial charge in [0.05, 0.1) is 0 Å². The molecule has 0 spiro atoms. The Hall–Kier alpha value is -0.570. The van der Waals surface area contributed by atoms with Gasteiger partial charge in [-0.15, -0.1) is 0 Å². The van der Waals surface area contributed by atoms with Gasteiger partial charge in [0, 0.05) is 19.0 Å². The number of carbonyl (C=O) groups is 1. The van der Waals surface area contributed by atoms with E-state index in [0.717, 1.165) is 31.8 Å². The maximum Gasteiger partial charge on any atom is 0.222 e. The van der Waals surface area contributed by atoms with Crippen molar-refractivity contribution in [1.82, 2.24) is 10.2 Å². The summed E-state index contributed by atoms with van der Waals surface area (Å²) >= 11 is 0. The molecule has 2 aliphatic carbocycles. The highest BCUT2D eigenvalue weighted by atomic mass is 16.2. The lowest BCUT2D eigenvalue weighted by molar-refractivity contribution is -0.132. The van der Waals surface area contributed by atoms with Gasteiger partial charge in [-0.1, -0.05) is 0 Å². The van der Waals surface area contributed by atoms with Crippen LogP contribution >= 0.6 is 0 Å². The summed E-state index contributed by atoms with van der Waals surface area (Å²) in [5.41, 5.74) is 0. The van der Waals surface area contributed by atoms with Gasteiger partial charge in [0.25, 0.3) is 0 Å². The van der Waals surface area contributed by atoms with Crippen LogP contribution in [0.15, 0.2) is 0 Å². The predicted molar refractivity (Wildman–Crippen MR) is 60.6 cm³/mol. The Morgan fingerprint density at radius 2 is 2.07 bits per heavy atom. The summed E-state index contributed by atoms with van der Waals surface area (Å²) in [4.78, 5) is 14.1. The summed E-state index contributed by atoms with van der Waals surface area (Å²) in [6.45, 7) is 2.00. The second kappa shape index (κ2) is 4.97. The number of rotatable bonds is 7. The third-order valence-electron chi connectivity index (χ3n) is 3.28. The molecular weight excluding hydrogens is 188 g/mol. The minimum absolute atomic E-state index is 0.389. The molecule has 0 radical (unpaired) electrons. The van der Waals surface area contributed by atoms with Gasteiger partial charge >= 0.3 is 0 Å². The van der Waals surface area contributed by atoms with Gasteiger partial charge in [-0.2, -0.15) is 0 Å². The summed E-state index contributed by atoms with van der Waals surface area (Å²) in [6, 6.07) is 0.604. The molecule has 0 saturated heterocycles. The van der Waals surface area contributed by atoms with Crippen molar-refractivity contribution in [2.75, 3.05) is 20.1 Å². The first-order valence-electron chi connectivity index (χ1n) is 6.25. The average Bonchev–Trinajstić information content (AvgIpc) is 3.06. The van der Waals surface area contributed by atoms with Crippen LogP contribution in [0.2, 0.25) is 0 Å². The van der Waals surface area contributed by atoms with E-state index in [1.54, 1.807) is 0 Å². The maximum atomic E-state index is 12.0. The van der Waals surface area contributed by atoms with Crippen molar-refractivity contribution in [3.05, 3.63) is 0 Å². The first-order valence-corrected chi connectivity index (χ1v) is 6.25. The molecule has 1 amide bonds. The van der Waals surface area contributed by atoms with Gasteiger partial charge in [0.15, 0.2) is 0 Å². The van der Waals surface area contributed by atoms with Crippen LogP contribution in [0.25, 0.3) is 0 Å². The topological polar surface area (TPSA) is 32.3 Å². The molecule has 86 valence electrons. The largest absolute Gasteiger partial charge is 0.339 e. The van der Waals surface area contributed by atoms with Crippen molar-refractivity contribution in [1.29, 1.82) is 0 Å². The van der Waals surface area contributed by atoms with E-state index in [-0.39, 0.29) is 0 Å². The Balaban J connectivity index is 1.72. The van der Waals surface area contributed by atoms with Gasteiger partial charge in [-0.25, -0.2) is 0 Å². The Labute approximate surface area is 92.2 Å². The van der Waals surface area contributed by atoms with Crippen LogP contribution in [0.5, 0.6) is 0 Å². The molecule has 2 fully saturated rings. The molecule has 3 heteroatoms. The second-order valence-electron chi connectivity index (χ2n) is 4.93. The molecular formula is C12H22N2O. The third-order valence-corrected chi connectivity index (χ3v) is 3.28. The summed E-state index contributed by atoms with van der Waals surface area (Å²) in [5.74, 6) is 1.22. The minimum Gasteiger partial charge on any atom is -0.339 e. The van der Waals surface area contributed by atoms with Crippen LogP contribution < -0.4 is 5.32 Å². The van der Waals surface area contributed by atoms with Crippen LogP contribution in [0, 0.1) is 5.92 Å². The Morgan fingerprint density at radius 3 is 2.60 bits per heavy atom. The average molecular weight is 210 g/mol. The number of nitrogens with one attached hydrogen (secondary N) is 1. The molecule has 0 aromatic rings. The molecule has 0 atom stereocenters. The molecule has 1 N–H and O–H groups in total. The van der Waals surface area contributed by atoms with E-state index >= 15 is 0 Å². The van der Waals surface area contributed by atoms with Crippen molar-refractivity contribution < 1.29 is 4.79 Å². The van der Waals surface area contributed by atoms with Crippen molar-refractivity contribution in [2.45, 2.75) is 44.6 Å². The highest BCUT2D eigenvalue weighted by Crippen LogP contribution is 2.35. The molecule has 2 saturated carbocycles. The Kier molecular flexibility index (Phi) is 3.62. The maximum absolute atomic E-state index is 12.0. The highest BCUT2D eigenvalue weighted by molar-refractivity contribution is 5.76. The summed E-state index contributed by atoms with van der Waals surface area (Å²) in [5, 5.41) is 3.09. The van der Waals surface area contributed by atoms with Gasteiger partial charge in [0.1, 0.15) is 0 Å². The lowest BCUT2D eigenvalue weighted by Gasteiger charge is -2.22. The highest BCUT2D eigenvalue weighted by Gasteiger charge is 2.35. The van der Waals surface area contributed by atoms with Gasteiger partial charge in [-0.05, 0) is 51.6 Å². The van der Waals surface area contributed by atoms with Crippen LogP contribution in [-0.4, -0.2) is 37.0 Å². The fraction of sp³-hybridized carbons (Fsp3) is 0.917. The lowest BCUT2D eigenvalue weighted by atomic mass is 10.2. The lowest BCUT2D eigenvalue weighted by Crippen LogP contribution is -2.35. The number of nitrogens with zero attached hydrogens (tertiary/aromatic N) is 1. The molecule has 0 aromatic heterocycles. The van der Waals surface area contributed by atoms with Gasteiger partial charge in [-0.3, -0.25) is 4.79 Å². The zero-order chi connectivity index (χ0) is 10.7. The van der Waals surface area contributed by atoms with E-state index in [2.05, 4.69) is 10.2 Å². The van der Waals surface area contributed by atoms with Gasteiger partial charge in [0.2, 0.25) is 5.91 Å². The van der Waals surface area contributed by atoms with Crippen LogP contribution in [0.4, 0.5) is 0 Å². The number of hydrogen-bond donors (Lipinski definition) is 1. The number of hydrogen-bond acceptors (Lipinski definition) is 2. The van der Waals surface area contributed by atoms with E-state index in [1.165, 1.54) is 25.7 Å². The quantitative estimate of drug-likeness (QED) is 0.644. The zero-order valence-electron chi connectivity index (χ0n) is 9.67. The van der Waals surface area contributed by atoms with E-state index in [9.17, 15) is 4.79 Å². The molecule has 0 bridgehead atoms. The van der Waals surface area contributed by atoms with E-state index < -0.39 is 0 Å². The fourth-order valence-electron chi connectivity index (χ4n) is 1.98. The summed E-state index contributed by atoms with van der Waals surface area (Å²) in [6.07, 6.45) is 6.86. The summed E-state index contributed by atoms with van der Waals surface area (Å²) in [7, 11) is 1.94. The monoisotopic (exact) mass is 210 g/mol. The smallest absolute Gasteiger partial charge is 0.222 e. The fourth-order valence-corrected chi connectivity index (χ4v) is 1.98. The van der Waals surface area contributed by atoms with Crippen LogP contribution in [-0.2, 0) is 4.79 Å². The standard InChI is InChI=1S/C12H22N2O/c1-13-8-2-3-12(15)14(11-6-7-11)9-10-4-5-10/h10-11,13H,2-9H2,1H3. The van der Waals surface area contributed by atoms with Crippen molar-refractivity contribution in [2.24, 2.45) is 5.92 Å². The predicted octanol–water partition coefficient (Wildman–Crippen LogP) is 1.39. The third kappa shape index (κ3) is 3.49. The minimum atomic E-state index is 0.389. The van der Waals surface area contributed by atoms with Crippen LogP contribution in [0.1, 0.15) is 38.5 Å². The molecule has 2 rings (SSSR count). The molecule has 0 heterocycles. The first-order chi connectivity index (χ1) is 7.31.